The fraction of sp³-hybridized carbons (Fsp3) is 0.357. The predicted octanol–water partition coefficient (Wildman–Crippen LogP) is 13.5. The van der Waals surface area contributed by atoms with Crippen molar-refractivity contribution in [3.8, 4) is 11.3 Å². The second-order valence-corrected chi connectivity index (χ2v) is 20.8. The van der Waals surface area contributed by atoms with Crippen molar-refractivity contribution in [2.45, 2.75) is 78.8 Å². The topological polar surface area (TPSA) is 42.2 Å². The van der Waals surface area contributed by atoms with Crippen LogP contribution in [0.5, 0.6) is 0 Å². The van der Waals surface area contributed by atoms with Gasteiger partial charge in [0.1, 0.15) is 5.58 Å². The number of allylic oxidation sites excluding steroid dienone is 10. The zero-order valence-electron chi connectivity index (χ0n) is 35.5. The van der Waals surface area contributed by atoms with Gasteiger partial charge in [0, 0.05) is 39.9 Å². The van der Waals surface area contributed by atoms with Gasteiger partial charge in [-0.2, -0.15) is 4.98 Å². The molecule has 8 atom stereocenters. The van der Waals surface area contributed by atoms with Gasteiger partial charge in [-0.1, -0.05) is 150 Å². The third-order valence-corrected chi connectivity index (χ3v) is 16.9. The Kier molecular flexibility index (Phi) is 7.11. The first-order valence-corrected chi connectivity index (χ1v) is 22.7. The van der Waals surface area contributed by atoms with Gasteiger partial charge in [-0.05, 0) is 111 Å². The molecule has 2 aromatic heterocycles. The van der Waals surface area contributed by atoms with Crippen LogP contribution in [0.15, 0.2) is 160 Å². The van der Waals surface area contributed by atoms with Gasteiger partial charge >= 0.3 is 0 Å². The molecule has 8 aliphatic rings. The first-order valence-electron chi connectivity index (χ1n) is 22.7. The minimum atomic E-state index is 0.234. The second kappa shape index (κ2) is 12.1. The lowest BCUT2D eigenvalue weighted by Crippen LogP contribution is -2.47. The highest BCUT2D eigenvalue weighted by Gasteiger charge is 2.76. The van der Waals surface area contributed by atoms with Crippen molar-refractivity contribution in [3.05, 3.63) is 161 Å². The van der Waals surface area contributed by atoms with Crippen molar-refractivity contribution >= 4 is 38.4 Å². The third-order valence-electron chi connectivity index (χ3n) is 16.9. The molecule has 1 spiro atoms. The molecule has 3 aromatic carbocycles. The van der Waals surface area contributed by atoms with Gasteiger partial charge in [-0.3, -0.25) is 0 Å². The lowest BCUT2D eigenvalue weighted by molar-refractivity contribution is 0.0729. The molecule has 0 bridgehead atoms. The number of nitrogens with zero attached hydrogens (tertiary/aromatic N) is 3. The fourth-order valence-electron chi connectivity index (χ4n) is 13.8. The SMILES string of the molecule is CC1CC=CC2=C1C=CC1C3=CC45C(C=C3N(C3CC(c6nc(-c7ccc8ccccc8c7)c7c(n6)oc6ccccc67)=CC6=CC=CCC63)C21)C4C(C)(C)CCC5(C)C. The van der Waals surface area contributed by atoms with Crippen LogP contribution in [-0.2, 0) is 0 Å². The third kappa shape index (κ3) is 4.68. The van der Waals surface area contributed by atoms with Crippen molar-refractivity contribution in [3.63, 3.8) is 0 Å². The number of aromatic nitrogens is 2. The van der Waals surface area contributed by atoms with E-state index in [0.29, 0.717) is 40.7 Å². The van der Waals surface area contributed by atoms with Crippen LogP contribution in [0, 0.1) is 45.8 Å². The number of rotatable bonds is 3. The van der Waals surface area contributed by atoms with E-state index < -0.39 is 0 Å². The molecule has 0 radical (unpaired) electrons. The molecule has 298 valence electrons. The van der Waals surface area contributed by atoms with Crippen molar-refractivity contribution in [1.29, 1.82) is 0 Å². The van der Waals surface area contributed by atoms with Crippen molar-refractivity contribution < 1.29 is 4.42 Å². The Morgan fingerprint density at radius 2 is 1.70 bits per heavy atom. The number of fused-ring (bicyclic) bond motifs is 10. The highest BCUT2D eigenvalue weighted by atomic mass is 16.3. The number of para-hydroxylation sites is 1. The summed E-state index contributed by atoms with van der Waals surface area (Å²) in [5.74, 6) is 3.27. The van der Waals surface area contributed by atoms with Gasteiger partial charge in [-0.15, -0.1) is 0 Å². The maximum absolute atomic E-state index is 6.62. The summed E-state index contributed by atoms with van der Waals surface area (Å²) in [6.07, 6.45) is 30.8. The van der Waals surface area contributed by atoms with E-state index in [0.717, 1.165) is 52.7 Å². The van der Waals surface area contributed by atoms with E-state index in [4.69, 9.17) is 14.4 Å². The quantitative estimate of drug-likeness (QED) is 0.183. The smallest absolute Gasteiger partial charge is 0.231 e. The van der Waals surface area contributed by atoms with Gasteiger partial charge in [-0.25, -0.2) is 4.98 Å². The maximum Gasteiger partial charge on any atom is 0.231 e. The molecular formula is C56H53N3O. The van der Waals surface area contributed by atoms with Crippen LogP contribution in [0.25, 0.3) is 49.7 Å². The highest BCUT2D eigenvalue weighted by Crippen LogP contribution is 2.81. The van der Waals surface area contributed by atoms with Gasteiger partial charge < -0.3 is 9.32 Å². The summed E-state index contributed by atoms with van der Waals surface area (Å²) in [6, 6.07) is 24.2. The van der Waals surface area contributed by atoms with Gasteiger partial charge in [0.25, 0.3) is 0 Å². The van der Waals surface area contributed by atoms with E-state index in [-0.39, 0.29) is 22.9 Å². The highest BCUT2D eigenvalue weighted by molar-refractivity contribution is 6.11. The molecule has 7 aliphatic carbocycles. The Hall–Kier alpha value is -5.48. The fourth-order valence-corrected chi connectivity index (χ4v) is 13.8. The van der Waals surface area contributed by atoms with Crippen LogP contribution in [0.4, 0.5) is 0 Å². The summed E-state index contributed by atoms with van der Waals surface area (Å²) in [4.78, 5) is 13.9. The molecule has 8 unspecified atom stereocenters. The Morgan fingerprint density at radius 3 is 2.60 bits per heavy atom. The number of hydrogen-bond acceptors (Lipinski definition) is 4. The second-order valence-electron chi connectivity index (χ2n) is 20.8. The molecule has 0 amide bonds. The monoisotopic (exact) mass is 783 g/mol. The minimum Gasteiger partial charge on any atom is -0.438 e. The summed E-state index contributed by atoms with van der Waals surface area (Å²) in [5, 5.41) is 4.46. The van der Waals surface area contributed by atoms with Gasteiger partial charge in [0.15, 0.2) is 5.82 Å². The first-order chi connectivity index (χ1) is 29.1. The standard InChI is InChI=1S/C56H53N3O/c1-32-13-12-19-40-38(32)23-24-41-43-31-56-44(51(56)54(2,3)25-26-55(56,4)5)30-46(43)59(50(40)41)45-29-37(28-35-16-8-9-17-39(35)45)52-57-49(36-22-21-33-14-6-7-15-34(33)27-36)48-42-18-10-11-20-47(42)60-53(48)58-52/h6-12,14-16,18-24,27-28,30-32,39,41,44-45,50-51H,13,17,25-26,29H2,1-5H3. The summed E-state index contributed by atoms with van der Waals surface area (Å²) >= 11 is 0. The van der Waals surface area contributed by atoms with E-state index in [1.807, 2.05) is 6.07 Å². The van der Waals surface area contributed by atoms with Crippen LogP contribution in [-0.4, -0.2) is 27.0 Å². The Labute approximate surface area is 353 Å². The number of benzene rings is 3. The molecule has 4 heteroatoms. The Balaban J connectivity index is 0.990. The van der Waals surface area contributed by atoms with Crippen LogP contribution in [0.3, 0.4) is 0 Å². The van der Waals surface area contributed by atoms with Crippen LogP contribution < -0.4 is 0 Å². The Morgan fingerprint density at radius 1 is 0.850 bits per heavy atom. The van der Waals surface area contributed by atoms with E-state index in [9.17, 15) is 0 Å². The van der Waals surface area contributed by atoms with Gasteiger partial charge in [0.2, 0.25) is 5.71 Å². The maximum atomic E-state index is 6.62. The molecule has 1 aliphatic heterocycles. The molecule has 60 heavy (non-hydrogen) atoms. The van der Waals surface area contributed by atoms with E-state index in [2.05, 4.69) is 161 Å². The molecule has 3 heterocycles. The molecule has 4 nitrogen and oxygen atoms in total. The largest absolute Gasteiger partial charge is 0.438 e. The van der Waals surface area contributed by atoms with Crippen molar-refractivity contribution in [2.24, 2.45) is 45.8 Å². The van der Waals surface area contributed by atoms with Crippen LogP contribution >= 0.6 is 0 Å². The molecule has 13 rings (SSSR count). The molecular weight excluding hydrogens is 731 g/mol. The summed E-state index contributed by atoms with van der Waals surface area (Å²) in [7, 11) is 0. The molecule has 2 saturated carbocycles. The predicted molar refractivity (Wildman–Crippen MR) is 245 cm³/mol. The number of likely N-dealkylation sites (tertiary alicyclic amines) is 1. The first kappa shape index (κ1) is 35.3. The lowest BCUT2D eigenvalue weighted by atomic mass is 9.59. The van der Waals surface area contributed by atoms with E-state index in [1.165, 1.54) is 51.6 Å². The number of furan rings is 1. The molecule has 0 N–H and O–H groups in total. The molecule has 5 aromatic rings. The summed E-state index contributed by atoms with van der Waals surface area (Å²) in [6.45, 7) is 12.7. The minimum absolute atomic E-state index is 0.234. The van der Waals surface area contributed by atoms with E-state index >= 15 is 0 Å². The lowest BCUT2D eigenvalue weighted by Gasteiger charge is -2.46. The Bertz CT molecular complexity index is 2990. The summed E-state index contributed by atoms with van der Waals surface area (Å²) in [5.41, 5.74) is 13.1. The zero-order valence-corrected chi connectivity index (χ0v) is 35.5. The zero-order chi connectivity index (χ0) is 40.3. The van der Waals surface area contributed by atoms with Crippen molar-refractivity contribution in [2.75, 3.05) is 0 Å². The average Bonchev–Trinajstić information content (AvgIpc) is 3.68. The molecule has 1 saturated heterocycles. The van der Waals surface area contributed by atoms with E-state index in [1.54, 1.807) is 5.57 Å². The van der Waals surface area contributed by atoms with Crippen molar-refractivity contribution in [1.82, 2.24) is 14.9 Å². The van der Waals surface area contributed by atoms with Gasteiger partial charge in [0.05, 0.1) is 17.1 Å². The normalized spacial score (nSPS) is 32.7. The summed E-state index contributed by atoms with van der Waals surface area (Å²) < 4.78 is 6.62. The van der Waals surface area contributed by atoms with Crippen LogP contribution in [0.1, 0.15) is 72.5 Å². The molecule has 3 fully saturated rings. The van der Waals surface area contributed by atoms with Crippen LogP contribution in [0.2, 0.25) is 0 Å². The number of hydrogen-bond donors (Lipinski definition) is 0. The average molecular weight is 784 g/mol.